The first-order valence-corrected chi connectivity index (χ1v) is 8.32. The van der Waals surface area contributed by atoms with Crippen LogP contribution in [0.1, 0.15) is 16.9 Å². The van der Waals surface area contributed by atoms with Crippen molar-refractivity contribution in [3.63, 3.8) is 0 Å². The summed E-state index contributed by atoms with van der Waals surface area (Å²) in [6, 6.07) is 17.5. The number of hydrogen-bond donors (Lipinski definition) is 0. The molecular weight excluding hydrogens is 407 g/mol. The van der Waals surface area contributed by atoms with E-state index in [1.165, 1.54) is 18.2 Å². The highest BCUT2D eigenvalue weighted by molar-refractivity contribution is 9.10. The van der Waals surface area contributed by atoms with Crippen molar-refractivity contribution in [1.29, 1.82) is 5.26 Å². The number of furan rings is 1. The molecule has 0 bridgehead atoms. The monoisotopic (exact) mass is 417 g/mol. The molecule has 6 heteroatoms. The molecule has 0 saturated carbocycles. The average Bonchev–Trinajstić information content (AvgIpc) is 3.08. The van der Waals surface area contributed by atoms with Crippen LogP contribution in [0.3, 0.4) is 0 Å². The van der Waals surface area contributed by atoms with Crippen molar-refractivity contribution in [3.8, 4) is 17.4 Å². The Kier molecular flexibility index (Phi) is 5.01. The molecule has 1 aromatic heterocycles. The Bertz CT molecular complexity index is 1010. The van der Waals surface area contributed by atoms with E-state index >= 15 is 0 Å². The van der Waals surface area contributed by atoms with E-state index in [1.807, 2.05) is 30.3 Å². The molecule has 0 unspecified atom stereocenters. The predicted molar refractivity (Wildman–Crippen MR) is 96.8 cm³/mol. The van der Waals surface area contributed by atoms with Crippen LogP contribution in [0.25, 0.3) is 23.0 Å². The van der Waals surface area contributed by atoms with Crippen LogP contribution in [0.5, 0.6) is 0 Å². The van der Waals surface area contributed by atoms with Crippen LogP contribution in [0.4, 0.5) is 13.2 Å². The quantitative estimate of drug-likeness (QED) is 0.439. The molecule has 26 heavy (non-hydrogen) atoms. The van der Waals surface area contributed by atoms with Gasteiger partial charge in [0.05, 0.1) is 17.2 Å². The summed E-state index contributed by atoms with van der Waals surface area (Å²) in [5, 5.41) is 9.35. The average molecular weight is 418 g/mol. The van der Waals surface area contributed by atoms with Crippen molar-refractivity contribution in [2.45, 2.75) is 6.18 Å². The maximum Gasteiger partial charge on any atom is 0.416 e. The van der Waals surface area contributed by atoms with E-state index in [2.05, 4.69) is 15.9 Å². The lowest BCUT2D eigenvalue weighted by atomic mass is 10.0. The molecule has 3 aromatic rings. The molecular formula is C20H11BrF3NO. The second-order valence-electron chi connectivity index (χ2n) is 5.43. The number of nitrogens with zero attached hydrogens (tertiary/aromatic N) is 1. The van der Waals surface area contributed by atoms with Gasteiger partial charge in [0.2, 0.25) is 0 Å². The molecule has 2 nitrogen and oxygen atoms in total. The molecule has 0 atom stereocenters. The van der Waals surface area contributed by atoms with E-state index in [9.17, 15) is 18.4 Å². The Morgan fingerprint density at radius 2 is 1.81 bits per heavy atom. The lowest BCUT2D eigenvalue weighted by molar-refractivity contribution is -0.137. The molecule has 0 aliphatic heterocycles. The van der Waals surface area contributed by atoms with Gasteiger partial charge < -0.3 is 4.42 Å². The molecule has 0 aliphatic carbocycles. The number of nitriles is 1. The van der Waals surface area contributed by atoms with Gasteiger partial charge in [0.1, 0.15) is 11.5 Å². The summed E-state index contributed by atoms with van der Waals surface area (Å²) in [5.74, 6) is 0.967. The predicted octanol–water partition coefficient (Wildman–Crippen LogP) is 6.79. The van der Waals surface area contributed by atoms with Crippen molar-refractivity contribution in [2.75, 3.05) is 0 Å². The van der Waals surface area contributed by atoms with E-state index in [0.29, 0.717) is 11.5 Å². The largest absolute Gasteiger partial charge is 0.457 e. The van der Waals surface area contributed by atoms with Gasteiger partial charge in [-0.3, -0.25) is 0 Å². The molecule has 2 aromatic carbocycles. The molecule has 0 spiro atoms. The Balaban J connectivity index is 1.97. The summed E-state index contributed by atoms with van der Waals surface area (Å²) in [5.41, 5.74) is 0.305. The molecule has 0 amide bonds. The van der Waals surface area contributed by atoms with Crippen molar-refractivity contribution < 1.29 is 17.6 Å². The van der Waals surface area contributed by atoms with E-state index < -0.39 is 11.7 Å². The fraction of sp³-hybridized carbons (Fsp3) is 0.0500. The zero-order chi connectivity index (χ0) is 18.7. The minimum Gasteiger partial charge on any atom is -0.457 e. The van der Waals surface area contributed by atoms with Crippen LogP contribution in [-0.2, 0) is 6.18 Å². The zero-order valence-corrected chi connectivity index (χ0v) is 14.8. The third-order valence-corrected chi connectivity index (χ3v) is 4.37. The van der Waals surface area contributed by atoms with Gasteiger partial charge in [-0.25, -0.2) is 0 Å². The van der Waals surface area contributed by atoms with Gasteiger partial charge in [-0.1, -0.05) is 46.3 Å². The fourth-order valence-electron chi connectivity index (χ4n) is 2.42. The number of alkyl halides is 3. The summed E-state index contributed by atoms with van der Waals surface area (Å²) in [6.07, 6.45) is -3.04. The van der Waals surface area contributed by atoms with Crippen molar-refractivity contribution in [2.24, 2.45) is 0 Å². The zero-order valence-electron chi connectivity index (χ0n) is 13.2. The van der Waals surface area contributed by atoms with Gasteiger partial charge >= 0.3 is 6.18 Å². The first kappa shape index (κ1) is 18.0. The Morgan fingerprint density at radius 3 is 2.50 bits per heavy atom. The van der Waals surface area contributed by atoms with Gasteiger partial charge in [-0.05, 0) is 42.0 Å². The van der Waals surface area contributed by atoms with E-state index in [1.54, 1.807) is 12.1 Å². The maximum atomic E-state index is 12.9. The van der Waals surface area contributed by atoms with Crippen molar-refractivity contribution in [3.05, 3.63) is 82.0 Å². The maximum absolute atomic E-state index is 12.9. The standard InChI is InChI=1S/C20H11BrF3NO/c21-18-7-2-1-6-17(18)19-9-8-16(26-19)11-14(12-25)13-4-3-5-15(10-13)20(22,23)24/h1-11H. The molecule has 0 aliphatic rings. The molecule has 130 valence electrons. The highest BCUT2D eigenvalue weighted by Crippen LogP contribution is 2.33. The van der Waals surface area contributed by atoms with Crippen LogP contribution in [-0.4, -0.2) is 0 Å². The Labute approximate surface area is 156 Å². The smallest absolute Gasteiger partial charge is 0.416 e. The number of allylic oxidation sites excluding steroid dienone is 1. The Hall–Kier alpha value is -2.78. The normalized spacial score (nSPS) is 12.0. The van der Waals surface area contributed by atoms with Crippen LogP contribution in [0, 0.1) is 11.3 Å². The van der Waals surface area contributed by atoms with Crippen LogP contribution < -0.4 is 0 Å². The van der Waals surface area contributed by atoms with E-state index in [4.69, 9.17) is 4.42 Å². The van der Waals surface area contributed by atoms with Gasteiger partial charge in [-0.2, -0.15) is 18.4 Å². The van der Waals surface area contributed by atoms with Crippen LogP contribution >= 0.6 is 15.9 Å². The van der Waals surface area contributed by atoms with Gasteiger partial charge in [0, 0.05) is 10.0 Å². The lowest BCUT2D eigenvalue weighted by Crippen LogP contribution is -2.04. The van der Waals surface area contributed by atoms with Crippen molar-refractivity contribution in [1.82, 2.24) is 0 Å². The number of halogens is 4. The summed E-state index contributed by atoms with van der Waals surface area (Å²) in [6.45, 7) is 0. The molecule has 0 saturated heterocycles. The number of hydrogen-bond acceptors (Lipinski definition) is 2. The second kappa shape index (κ2) is 7.22. The summed E-state index contributed by atoms with van der Waals surface area (Å²) in [7, 11) is 0. The highest BCUT2D eigenvalue weighted by Gasteiger charge is 2.30. The molecule has 1 heterocycles. The third kappa shape index (κ3) is 3.89. The van der Waals surface area contributed by atoms with Gasteiger partial charge in [-0.15, -0.1) is 0 Å². The lowest BCUT2D eigenvalue weighted by Gasteiger charge is -2.07. The number of benzene rings is 2. The second-order valence-corrected chi connectivity index (χ2v) is 6.28. The molecule has 3 rings (SSSR count). The SMILES string of the molecule is N#CC(=Cc1ccc(-c2ccccc2Br)o1)c1cccc(C(F)(F)F)c1. The van der Waals surface area contributed by atoms with Crippen LogP contribution in [0.15, 0.2) is 69.6 Å². The highest BCUT2D eigenvalue weighted by atomic mass is 79.9. The summed E-state index contributed by atoms with van der Waals surface area (Å²) < 4.78 is 45.2. The minimum atomic E-state index is -4.46. The number of rotatable bonds is 3. The van der Waals surface area contributed by atoms with E-state index in [-0.39, 0.29) is 11.1 Å². The summed E-state index contributed by atoms with van der Waals surface area (Å²) >= 11 is 3.44. The molecule has 0 radical (unpaired) electrons. The third-order valence-electron chi connectivity index (χ3n) is 3.67. The minimum absolute atomic E-state index is 0.0872. The van der Waals surface area contributed by atoms with Crippen LogP contribution in [0.2, 0.25) is 0 Å². The van der Waals surface area contributed by atoms with Gasteiger partial charge in [0.15, 0.2) is 0 Å². The molecule has 0 fully saturated rings. The van der Waals surface area contributed by atoms with Gasteiger partial charge in [0.25, 0.3) is 0 Å². The Morgan fingerprint density at radius 1 is 1.04 bits per heavy atom. The first-order valence-electron chi connectivity index (χ1n) is 7.52. The van der Waals surface area contributed by atoms with Crippen molar-refractivity contribution >= 4 is 27.6 Å². The topological polar surface area (TPSA) is 36.9 Å². The molecule has 0 N–H and O–H groups in total. The summed E-state index contributed by atoms with van der Waals surface area (Å²) in [4.78, 5) is 0. The first-order chi connectivity index (χ1) is 12.4. The fourth-order valence-corrected chi connectivity index (χ4v) is 2.90. The van der Waals surface area contributed by atoms with E-state index in [0.717, 1.165) is 22.2 Å².